The Hall–Kier alpha value is -0.560. The summed E-state index contributed by atoms with van der Waals surface area (Å²) in [6, 6.07) is 0. The van der Waals surface area contributed by atoms with Crippen molar-refractivity contribution in [2.24, 2.45) is 0 Å². The van der Waals surface area contributed by atoms with Crippen LogP contribution < -0.4 is 0 Å². The first-order valence-electron chi connectivity index (χ1n) is 3.63. The highest BCUT2D eigenvalue weighted by Crippen LogP contribution is 2.09. The van der Waals surface area contributed by atoms with Gasteiger partial charge in [0.25, 0.3) is 0 Å². The summed E-state index contributed by atoms with van der Waals surface area (Å²) in [6.45, 7) is 10.9. The Morgan fingerprint density at radius 1 is 1.80 bits per heavy atom. The molecule has 0 amide bonds. The predicted molar refractivity (Wildman–Crippen MR) is 43.5 cm³/mol. The predicted octanol–water partition coefficient (Wildman–Crippen LogP) is 2.08. The van der Waals surface area contributed by atoms with E-state index in [1.165, 1.54) is 6.08 Å². The van der Waals surface area contributed by atoms with Crippen molar-refractivity contribution in [3.05, 3.63) is 24.8 Å². The van der Waals surface area contributed by atoms with E-state index < -0.39 is 6.10 Å². The molecule has 0 saturated carbocycles. The van der Waals surface area contributed by atoms with E-state index in [-0.39, 0.29) is 0 Å². The molecule has 0 heterocycles. The van der Waals surface area contributed by atoms with Crippen LogP contribution in [0.25, 0.3) is 0 Å². The second-order valence-electron chi connectivity index (χ2n) is 2.40. The smallest absolute Gasteiger partial charge is 0.0932 e. The highest BCUT2D eigenvalue weighted by molar-refractivity contribution is 5.07. The van der Waals surface area contributed by atoms with Crippen molar-refractivity contribution < 1.29 is 5.11 Å². The molecule has 1 heteroatoms. The van der Waals surface area contributed by atoms with Gasteiger partial charge in [-0.3, -0.25) is 0 Å². The first-order chi connectivity index (χ1) is 4.72. The molecule has 1 atom stereocenters. The van der Waals surface area contributed by atoms with Gasteiger partial charge >= 0.3 is 0 Å². The van der Waals surface area contributed by atoms with Crippen molar-refractivity contribution >= 4 is 0 Å². The zero-order chi connectivity index (χ0) is 7.98. The molecule has 0 fully saturated rings. The van der Waals surface area contributed by atoms with Gasteiger partial charge in [-0.25, -0.2) is 0 Å². The minimum atomic E-state index is -0.619. The lowest BCUT2D eigenvalue weighted by atomic mass is 10.1. The average molecular weight is 139 g/mol. The summed E-state index contributed by atoms with van der Waals surface area (Å²) in [7, 11) is 0. The lowest BCUT2D eigenvalue weighted by Gasteiger charge is -2.07. The fraction of sp³-hybridized carbons (Fsp3) is 0.556. The summed E-state index contributed by atoms with van der Waals surface area (Å²) >= 11 is 0. The molecule has 0 aromatic carbocycles. The molecule has 1 radical (unpaired) electrons. The van der Waals surface area contributed by atoms with Crippen LogP contribution in [0, 0.1) is 6.58 Å². The molecule has 0 aliphatic rings. The molecule has 1 N–H and O–H groups in total. The van der Waals surface area contributed by atoms with E-state index >= 15 is 0 Å². The van der Waals surface area contributed by atoms with E-state index in [4.69, 9.17) is 11.7 Å². The minimum Gasteiger partial charge on any atom is -0.385 e. The van der Waals surface area contributed by atoms with Crippen LogP contribution in [0.5, 0.6) is 0 Å². The second-order valence-corrected chi connectivity index (χ2v) is 2.40. The molecule has 1 unspecified atom stereocenters. The van der Waals surface area contributed by atoms with Gasteiger partial charge in [-0.05, 0) is 18.4 Å². The fourth-order valence-electron chi connectivity index (χ4n) is 0.688. The first-order valence-corrected chi connectivity index (χ1v) is 3.63. The van der Waals surface area contributed by atoms with E-state index in [1.54, 1.807) is 0 Å². The summed E-state index contributed by atoms with van der Waals surface area (Å²) in [5.74, 6) is 0. The molecule has 1 nitrogen and oxygen atoms in total. The van der Waals surface area contributed by atoms with Crippen LogP contribution in [0.4, 0.5) is 0 Å². The van der Waals surface area contributed by atoms with E-state index in [9.17, 15) is 0 Å². The lowest BCUT2D eigenvalue weighted by molar-refractivity contribution is 0.254. The van der Waals surface area contributed by atoms with Crippen LogP contribution in [-0.2, 0) is 0 Å². The van der Waals surface area contributed by atoms with E-state index in [2.05, 4.69) is 13.5 Å². The molecule has 0 aliphatic carbocycles. The molecule has 0 bridgehead atoms. The molecule has 0 saturated heterocycles. The Labute approximate surface area is 63.1 Å². The molecular formula is C9H15O. The van der Waals surface area contributed by atoms with Crippen LogP contribution in [-0.4, -0.2) is 11.2 Å². The fourth-order valence-corrected chi connectivity index (χ4v) is 0.688. The van der Waals surface area contributed by atoms with Crippen LogP contribution in [0.15, 0.2) is 18.2 Å². The Morgan fingerprint density at radius 3 is 2.80 bits per heavy atom. The third-order valence-corrected chi connectivity index (χ3v) is 1.45. The Kier molecular flexibility index (Phi) is 4.95. The van der Waals surface area contributed by atoms with Crippen molar-refractivity contribution in [3.8, 4) is 0 Å². The third-order valence-electron chi connectivity index (χ3n) is 1.45. The van der Waals surface area contributed by atoms with Crippen molar-refractivity contribution in [1.82, 2.24) is 0 Å². The third kappa shape index (κ3) is 3.46. The molecule has 0 spiro atoms. The average Bonchev–Trinajstić information content (AvgIpc) is 1.98. The number of hydrogen-bond acceptors (Lipinski definition) is 1. The minimum absolute atomic E-state index is 0.619. The maximum atomic E-state index is 9.07. The molecule has 57 valence electrons. The Morgan fingerprint density at radius 2 is 2.40 bits per heavy atom. The number of rotatable bonds is 5. The standard InChI is InChI=1S/C9H15O/c1-4-6-7-8(3)9(10)5-2/h2,5,9-10H,3-4,6-7H2,1H3. The van der Waals surface area contributed by atoms with Gasteiger partial charge in [0.1, 0.15) is 0 Å². The topological polar surface area (TPSA) is 20.2 Å². The molecular weight excluding hydrogens is 124 g/mol. The van der Waals surface area contributed by atoms with Crippen molar-refractivity contribution in [1.29, 1.82) is 0 Å². The van der Waals surface area contributed by atoms with Crippen molar-refractivity contribution in [2.75, 3.05) is 0 Å². The molecule has 0 aromatic heterocycles. The van der Waals surface area contributed by atoms with Crippen molar-refractivity contribution in [2.45, 2.75) is 32.3 Å². The van der Waals surface area contributed by atoms with E-state index in [0.29, 0.717) is 0 Å². The van der Waals surface area contributed by atoms with Crippen LogP contribution in [0.1, 0.15) is 26.2 Å². The maximum absolute atomic E-state index is 9.07. The van der Waals surface area contributed by atoms with Gasteiger partial charge in [0.2, 0.25) is 0 Å². The Balaban J connectivity index is 3.51. The van der Waals surface area contributed by atoms with Gasteiger partial charge in [0.05, 0.1) is 6.10 Å². The van der Waals surface area contributed by atoms with Crippen molar-refractivity contribution in [3.63, 3.8) is 0 Å². The summed E-state index contributed by atoms with van der Waals surface area (Å²) in [4.78, 5) is 0. The van der Waals surface area contributed by atoms with Gasteiger partial charge < -0.3 is 5.11 Å². The quantitative estimate of drug-likeness (QED) is 0.578. The highest BCUT2D eigenvalue weighted by Gasteiger charge is 2.01. The zero-order valence-corrected chi connectivity index (χ0v) is 6.51. The molecule has 0 aromatic rings. The van der Waals surface area contributed by atoms with Gasteiger partial charge in [0.15, 0.2) is 0 Å². The number of unbranched alkanes of at least 4 members (excludes halogenated alkanes) is 1. The summed E-state index contributed by atoms with van der Waals surface area (Å²) < 4.78 is 0. The van der Waals surface area contributed by atoms with Crippen LogP contribution >= 0.6 is 0 Å². The monoisotopic (exact) mass is 139 g/mol. The number of hydrogen-bond donors (Lipinski definition) is 1. The van der Waals surface area contributed by atoms with Gasteiger partial charge in [-0.15, -0.1) is 0 Å². The SMILES string of the molecule is [CH]=CC(O)C(=C)CCCC. The number of aliphatic hydroxyl groups is 1. The second kappa shape index (κ2) is 5.24. The summed E-state index contributed by atoms with van der Waals surface area (Å²) in [6.07, 6.45) is 3.70. The van der Waals surface area contributed by atoms with Gasteiger partial charge in [-0.1, -0.05) is 32.6 Å². The highest BCUT2D eigenvalue weighted by atomic mass is 16.3. The molecule has 10 heavy (non-hydrogen) atoms. The van der Waals surface area contributed by atoms with Crippen LogP contribution in [0.3, 0.4) is 0 Å². The summed E-state index contributed by atoms with van der Waals surface area (Å²) in [5, 5.41) is 9.07. The Bertz CT molecular complexity index is 116. The molecule has 0 aliphatic heterocycles. The molecule has 0 rings (SSSR count). The van der Waals surface area contributed by atoms with E-state index in [1.807, 2.05) is 0 Å². The van der Waals surface area contributed by atoms with Gasteiger partial charge in [-0.2, -0.15) is 0 Å². The van der Waals surface area contributed by atoms with E-state index in [0.717, 1.165) is 24.8 Å². The lowest BCUT2D eigenvalue weighted by Crippen LogP contribution is -2.04. The largest absolute Gasteiger partial charge is 0.385 e. The van der Waals surface area contributed by atoms with Crippen LogP contribution in [0.2, 0.25) is 0 Å². The van der Waals surface area contributed by atoms with Gasteiger partial charge in [0, 0.05) is 0 Å². The summed E-state index contributed by atoms with van der Waals surface area (Å²) in [5.41, 5.74) is 0.810. The maximum Gasteiger partial charge on any atom is 0.0932 e. The zero-order valence-electron chi connectivity index (χ0n) is 6.51. The normalized spacial score (nSPS) is 12.6. The first kappa shape index (κ1) is 9.44. The number of aliphatic hydroxyl groups excluding tert-OH is 1.